The zero-order valence-electron chi connectivity index (χ0n) is 8.62. The minimum atomic E-state index is -2.88. The average molecular weight is 244 g/mol. The van der Waals surface area contributed by atoms with Crippen LogP contribution in [0.5, 0.6) is 0 Å². The molecule has 86 valence electrons. The molecular weight excluding hydrogens is 226 g/mol. The molecule has 1 unspecified atom stereocenters. The topological polar surface area (TPSA) is 55.4 Å². The van der Waals surface area contributed by atoms with Crippen molar-refractivity contribution in [2.45, 2.75) is 13.0 Å². The van der Waals surface area contributed by atoms with Crippen molar-refractivity contribution in [1.82, 2.24) is 5.32 Å². The van der Waals surface area contributed by atoms with Gasteiger partial charge in [-0.25, -0.2) is 8.42 Å². The van der Waals surface area contributed by atoms with Crippen LogP contribution in [0.15, 0.2) is 0 Å². The largest absolute Gasteiger partial charge is 0.383 e. The summed E-state index contributed by atoms with van der Waals surface area (Å²) in [7, 11) is -1.30. The summed E-state index contributed by atoms with van der Waals surface area (Å²) in [5.74, 6) is 0.755. The number of rotatable bonds is 8. The van der Waals surface area contributed by atoms with Gasteiger partial charge in [0, 0.05) is 31.3 Å². The molecule has 14 heavy (non-hydrogen) atoms. The highest BCUT2D eigenvalue weighted by atomic mass is 35.5. The van der Waals surface area contributed by atoms with E-state index in [1.54, 1.807) is 14.0 Å². The van der Waals surface area contributed by atoms with Crippen LogP contribution in [0, 0.1) is 0 Å². The van der Waals surface area contributed by atoms with Crippen molar-refractivity contribution in [3.05, 3.63) is 0 Å². The number of methoxy groups -OCH3 is 1. The number of nitrogens with one attached hydrogen (secondary N) is 1. The molecule has 0 radical (unpaired) electrons. The van der Waals surface area contributed by atoms with Crippen molar-refractivity contribution in [2.24, 2.45) is 0 Å². The second-order valence-corrected chi connectivity index (χ2v) is 5.78. The third-order valence-corrected chi connectivity index (χ3v) is 3.92. The van der Waals surface area contributed by atoms with E-state index in [0.717, 1.165) is 0 Å². The minimum Gasteiger partial charge on any atom is -0.383 e. The van der Waals surface area contributed by atoms with Crippen LogP contribution >= 0.6 is 11.6 Å². The van der Waals surface area contributed by atoms with E-state index in [9.17, 15) is 8.42 Å². The van der Waals surface area contributed by atoms with Gasteiger partial charge in [0.1, 0.15) is 0 Å². The van der Waals surface area contributed by atoms with E-state index in [4.69, 9.17) is 16.3 Å². The molecule has 6 heteroatoms. The fourth-order valence-electron chi connectivity index (χ4n) is 0.922. The first-order chi connectivity index (χ1) is 6.55. The Labute approximate surface area is 90.9 Å². The first-order valence-electron chi connectivity index (χ1n) is 4.54. The van der Waals surface area contributed by atoms with E-state index in [2.05, 4.69) is 5.32 Å². The van der Waals surface area contributed by atoms with Gasteiger partial charge in [0.05, 0.1) is 12.4 Å². The molecule has 0 fully saturated rings. The molecule has 0 aromatic heterocycles. The highest BCUT2D eigenvalue weighted by Gasteiger charge is 2.09. The lowest BCUT2D eigenvalue weighted by atomic mass is 10.3. The standard InChI is InChI=1S/C8H18ClNO3S/c1-3-14(11,12)5-4-10-8(6-9)7-13-2/h8,10H,3-7H2,1-2H3. The van der Waals surface area contributed by atoms with Gasteiger partial charge in [0.25, 0.3) is 0 Å². The van der Waals surface area contributed by atoms with Crippen LogP contribution in [0.2, 0.25) is 0 Å². The van der Waals surface area contributed by atoms with Crippen LogP contribution in [-0.2, 0) is 14.6 Å². The molecule has 0 aromatic carbocycles. The molecule has 0 spiro atoms. The Kier molecular flexibility index (Phi) is 7.54. The predicted octanol–water partition coefficient (Wildman–Crippen LogP) is 0.265. The number of hydrogen-bond donors (Lipinski definition) is 1. The molecular formula is C8H18ClNO3S. The molecule has 0 saturated carbocycles. The summed E-state index contributed by atoms with van der Waals surface area (Å²) in [6.45, 7) is 2.57. The summed E-state index contributed by atoms with van der Waals surface area (Å²) < 4.78 is 27.2. The lowest BCUT2D eigenvalue weighted by Gasteiger charge is -2.14. The fraction of sp³-hybridized carbons (Fsp3) is 1.00. The Morgan fingerprint density at radius 1 is 1.50 bits per heavy atom. The van der Waals surface area contributed by atoms with E-state index >= 15 is 0 Å². The first-order valence-corrected chi connectivity index (χ1v) is 6.90. The zero-order valence-corrected chi connectivity index (χ0v) is 10.2. The lowest BCUT2D eigenvalue weighted by Crippen LogP contribution is -2.37. The van der Waals surface area contributed by atoms with Gasteiger partial charge < -0.3 is 10.1 Å². The summed E-state index contributed by atoms with van der Waals surface area (Å²) in [6.07, 6.45) is 0. The third kappa shape index (κ3) is 6.59. The molecule has 0 aromatic rings. The van der Waals surface area contributed by atoms with Crippen molar-refractivity contribution in [3.63, 3.8) is 0 Å². The number of sulfone groups is 1. The summed E-state index contributed by atoms with van der Waals surface area (Å²) in [5.41, 5.74) is 0. The molecule has 0 heterocycles. The normalized spacial score (nSPS) is 14.2. The highest BCUT2D eigenvalue weighted by molar-refractivity contribution is 7.91. The van der Waals surface area contributed by atoms with Crippen LogP contribution in [0.3, 0.4) is 0 Å². The van der Waals surface area contributed by atoms with Crippen LogP contribution in [-0.4, -0.2) is 52.1 Å². The summed E-state index contributed by atoms with van der Waals surface area (Å²) in [4.78, 5) is 0. The number of ether oxygens (including phenoxy) is 1. The average Bonchev–Trinajstić information content (AvgIpc) is 2.16. The monoisotopic (exact) mass is 243 g/mol. The van der Waals surface area contributed by atoms with Gasteiger partial charge in [-0.15, -0.1) is 11.6 Å². The Balaban J connectivity index is 3.71. The van der Waals surface area contributed by atoms with Crippen LogP contribution in [0.4, 0.5) is 0 Å². The van der Waals surface area contributed by atoms with Gasteiger partial charge in [-0.1, -0.05) is 6.92 Å². The quantitative estimate of drug-likeness (QED) is 0.622. The molecule has 1 atom stereocenters. The van der Waals surface area contributed by atoms with Gasteiger partial charge in [-0.3, -0.25) is 0 Å². The fourth-order valence-corrected chi connectivity index (χ4v) is 1.84. The Morgan fingerprint density at radius 3 is 2.57 bits per heavy atom. The maximum atomic E-state index is 11.1. The molecule has 0 aliphatic carbocycles. The van der Waals surface area contributed by atoms with E-state index in [-0.39, 0.29) is 17.5 Å². The maximum Gasteiger partial charge on any atom is 0.151 e. The summed E-state index contributed by atoms with van der Waals surface area (Å²) in [5, 5.41) is 3.02. The third-order valence-electron chi connectivity index (χ3n) is 1.84. The van der Waals surface area contributed by atoms with E-state index < -0.39 is 9.84 Å². The molecule has 0 aliphatic rings. The zero-order chi connectivity index (χ0) is 11.0. The summed E-state index contributed by atoms with van der Waals surface area (Å²) in [6, 6.07) is 0.0220. The predicted molar refractivity (Wildman–Crippen MR) is 58.7 cm³/mol. The van der Waals surface area contributed by atoms with E-state index in [0.29, 0.717) is 19.0 Å². The van der Waals surface area contributed by atoms with Gasteiger partial charge >= 0.3 is 0 Å². The molecule has 0 bridgehead atoms. The van der Waals surface area contributed by atoms with Crippen LogP contribution < -0.4 is 5.32 Å². The molecule has 4 nitrogen and oxygen atoms in total. The summed E-state index contributed by atoms with van der Waals surface area (Å²) >= 11 is 5.64. The van der Waals surface area contributed by atoms with Crippen molar-refractivity contribution < 1.29 is 13.2 Å². The van der Waals surface area contributed by atoms with Crippen molar-refractivity contribution in [2.75, 3.05) is 37.6 Å². The van der Waals surface area contributed by atoms with Crippen molar-refractivity contribution in [3.8, 4) is 0 Å². The Morgan fingerprint density at radius 2 is 2.14 bits per heavy atom. The van der Waals surface area contributed by atoms with Crippen molar-refractivity contribution >= 4 is 21.4 Å². The Bertz CT molecular complexity index is 231. The van der Waals surface area contributed by atoms with Crippen molar-refractivity contribution in [1.29, 1.82) is 0 Å². The van der Waals surface area contributed by atoms with Crippen LogP contribution in [0.25, 0.3) is 0 Å². The molecule has 0 amide bonds. The van der Waals surface area contributed by atoms with Gasteiger partial charge in [-0.2, -0.15) is 0 Å². The number of halogens is 1. The smallest absolute Gasteiger partial charge is 0.151 e. The van der Waals surface area contributed by atoms with E-state index in [1.807, 2.05) is 0 Å². The van der Waals surface area contributed by atoms with Gasteiger partial charge in [0.15, 0.2) is 9.84 Å². The van der Waals surface area contributed by atoms with Gasteiger partial charge in [0.2, 0.25) is 0 Å². The number of hydrogen-bond acceptors (Lipinski definition) is 4. The van der Waals surface area contributed by atoms with E-state index in [1.165, 1.54) is 0 Å². The van der Waals surface area contributed by atoms with Gasteiger partial charge in [-0.05, 0) is 0 Å². The second kappa shape index (κ2) is 7.45. The molecule has 0 saturated heterocycles. The second-order valence-electron chi connectivity index (χ2n) is 3.00. The first kappa shape index (κ1) is 14.2. The Hall–Kier alpha value is 0.160. The minimum absolute atomic E-state index is 0.0220. The molecule has 0 rings (SSSR count). The SMILES string of the molecule is CCS(=O)(=O)CCNC(CCl)COC. The maximum absolute atomic E-state index is 11.1. The highest BCUT2D eigenvalue weighted by Crippen LogP contribution is 1.91. The van der Waals surface area contributed by atoms with Crippen LogP contribution in [0.1, 0.15) is 6.92 Å². The molecule has 1 N–H and O–H groups in total. The lowest BCUT2D eigenvalue weighted by molar-refractivity contribution is 0.174. The molecule has 0 aliphatic heterocycles. The number of alkyl halides is 1.